The Morgan fingerprint density at radius 3 is 1.89 bits per heavy atom. The summed E-state index contributed by atoms with van der Waals surface area (Å²) in [4.78, 5) is 6.35. The Kier molecular flexibility index (Phi) is 7.19. The summed E-state index contributed by atoms with van der Waals surface area (Å²) < 4.78 is 0. The maximum Gasteiger partial charge on any atom is 0.0752 e. The zero-order chi connectivity index (χ0) is 29.3. The number of fused-ring (bicyclic) bond motifs is 1. The summed E-state index contributed by atoms with van der Waals surface area (Å²) in [5, 5.41) is 6.11. The molecule has 44 heavy (non-hydrogen) atoms. The monoisotopic (exact) mass is 599 g/mol. The maximum absolute atomic E-state index is 5.07. The molecule has 0 saturated heterocycles. The molecule has 0 radical (unpaired) electrons. The molecule has 0 aliphatic carbocycles. The highest BCUT2D eigenvalue weighted by atomic mass is 32.2. The quantitative estimate of drug-likeness (QED) is 0.189. The molecule has 0 spiro atoms. The lowest BCUT2D eigenvalue weighted by atomic mass is 9.82. The summed E-state index contributed by atoms with van der Waals surface area (Å²) >= 11 is 3.74. The normalized spacial score (nSPS) is 16.2. The number of aromatic nitrogens is 1. The van der Waals surface area contributed by atoms with Gasteiger partial charge in [-0.3, -0.25) is 4.98 Å². The van der Waals surface area contributed by atoms with Crippen LogP contribution in [0, 0.1) is 0 Å². The van der Waals surface area contributed by atoms with E-state index < -0.39 is 0 Å². The number of benzene rings is 5. The van der Waals surface area contributed by atoms with Gasteiger partial charge in [-0.05, 0) is 50.2 Å². The van der Waals surface area contributed by atoms with E-state index in [9.17, 15) is 0 Å². The zero-order valence-electron chi connectivity index (χ0n) is 24.0. The van der Waals surface area contributed by atoms with Gasteiger partial charge in [-0.25, -0.2) is 0 Å². The third-order valence-electron chi connectivity index (χ3n) is 8.54. The molecule has 2 atom stereocenters. The van der Waals surface area contributed by atoms with Gasteiger partial charge in [-0.15, -0.1) is 23.1 Å². The molecule has 0 bridgehead atoms. The lowest BCUT2D eigenvalue weighted by Crippen LogP contribution is -2.08. The summed E-state index contributed by atoms with van der Waals surface area (Å²) in [5.41, 5.74) is 12.6. The van der Waals surface area contributed by atoms with Gasteiger partial charge in [-0.1, -0.05) is 140 Å². The van der Waals surface area contributed by atoms with E-state index in [0.717, 1.165) is 5.52 Å². The second kappa shape index (κ2) is 11.8. The SMILES string of the molecule is C1=C(c2ccccc2)C(c2ccccc2)C(c2ccc(-c3scc(-c4ccccc4)c3-c3ccccc3)c3cccnc23)S1. The smallest absolute Gasteiger partial charge is 0.0752 e. The number of thiophene rings is 1. The Balaban J connectivity index is 1.30. The van der Waals surface area contributed by atoms with Crippen LogP contribution in [0.15, 0.2) is 163 Å². The Morgan fingerprint density at radius 2 is 1.18 bits per heavy atom. The highest BCUT2D eigenvalue weighted by molar-refractivity contribution is 8.02. The highest BCUT2D eigenvalue weighted by Gasteiger charge is 2.35. The van der Waals surface area contributed by atoms with E-state index >= 15 is 0 Å². The van der Waals surface area contributed by atoms with Crippen molar-refractivity contribution >= 4 is 39.6 Å². The van der Waals surface area contributed by atoms with Crippen LogP contribution in [0.2, 0.25) is 0 Å². The molecular weight excluding hydrogens is 571 g/mol. The Labute approximate surface area is 266 Å². The van der Waals surface area contributed by atoms with Crippen molar-refractivity contribution in [2.45, 2.75) is 11.2 Å². The van der Waals surface area contributed by atoms with Crippen LogP contribution in [0.4, 0.5) is 0 Å². The van der Waals surface area contributed by atoms with Gasteiger partial charge >= 0.3 is 0 Å². The largest absolute Gasteiger partial charge is 0.256 e. The molecule has 0 saturated carbocycles. The molecule has 1 nitrogen and oxygen atoms in total. The standard InChI is InChI=1S/C41H29NS2/c1-5-14-28(15-6-1)35-26-43-40(37(35)30-18-9-3-10-19-30)33-23-24-34(39-32(33)22-13-25-42-39)41-38(31-20-11-4-12-21-31)36(27-44-41)29-16-7-2-8-17-29/h1-27,38,41H. The van der Waals surface area contributed by atoms with Crippen LogP contribution in [0.1, 0.15) is 27.9 Å². The van der Waals surface area contributed by atoms with E-state index in [4.69, 9.17) is 4.98 Å². The molecule has 210 valence electrons. The Hall–Kier alpha value is -4.70. The van der Waals surface area contributed by atoms with Crippen LogP contribution < -0.4 is 0 Å². The van der Waals surface area contributed by atoms with Gasteiger partial charge in [0.25, 0.3) is 0 Å². The van der Waals surface area contributed by atoms with Crippen molar-refractivity contribution in [3.8, 4) is 32.7 Å². The van der Waals surface area contributed by atoms with Gasteiger partial charge in [0, 0.05) is 44.3 Å². The fourth-order valence-electron chi connectivity index (χ4n) is 6.51. The van der Waals surface area contributed by atoms with Crippen LogP contribution in [0.5, 0.6) is 0 Å². The van der Waals surface area contributed by atoms with E-state index in [1.54, 1.807) is 0 Å². The molecule has 3 heterocycles. The summed E-state index contributed by atoms with van der Waals surface area (Å²) in [5.74, 6) is 0.228. The number of hydrogen-bond donors (Lipinski definition) is 0. The van der Waals surface area contributed by atoms with Crippen molar-refractivity contribution in [3.63, 3.8) is 0 Å². The minimum absolute atomic E-state index is 0.218. The van der Waals surface area contributed by atoms with Gasteiger partial charge in [0.1, 0.15) is 0 Å². The first-order chi connectivity index (χ1) is 21.9. The lowest BCUT2D eigenvalue weighted by molar-refractivity contribution is 0.850. The van der Waals surface area contributed by atoms with Crippen LogP contribution in [-0.2, 0) is 0 Å². The first-order valence-corrected chi connectivity index (χ1v) is 16.8. The molecule has 3 heteroatoms. The van der Waals surface area contributed by atoms with Crippen molar-refractivity contribution < 1.29 is 0 Å². The molecule has 8 rings (SSSR count). The molecule has 2 unspecified atom stereocenters. The third-order valence-corrected chi connectivity index (χ3v) is 10.8. The second-order valence-electron chi connectivity index (χ2n) is 11.1. The van der Waals surface area contributed by atoms with Crippen molar-refractivity contribution in [3.05, 3.63) is 179 Å². The van der Waals surface area contributed by atoms with Crippen molar-refractivity contribution in [2.75, 3.05) is 0 Å². The molecule has 0 fully saturated rings. The fraction of sp³-hybridized carbons (Fsp3) is 0.0488. The molecule has 0 N–H and O–H groups in total. The van der Waals surface area contributed by atoms with E-state index in [-0.39, 0.29) is 11.2 Å². The molecule has 7 aromatic rings. The Bertz CT molecular complexity index is 2080. The van der Waals surface area contributed by atoms with Crippen molar-refractivity contribution in [1.82, 2.24) is 4.98 Å². The van der Waals surface area contributed by atoms with Crippen molar-refractivity contribution in [1.29, 1.82) is 0 Å². The minimum Gasteiger partial charge on any atom is -0.256 e. The van der Waals surface area contributed by atoms with Gasteiger partial charge in [0.2, 0.25) is 0 Å². The van der Waals surface area contributed by atoms with Crippen LogP contribution >= 0.6 is 23.1 Å². The molecule has 1 aliphatic rings. The summed E-state index contributed by atoms with van der Waals surface area (Å²) in [7, 11) is 0. The van der Waals surface area contributed by atoms with E-state index in [1.807, 2.05) is 29.3 Å². The van der Waals surface area contributed by atoms with E-state index in [0.29, 0.717) is 0 Å². The number of hydrogen-bond acceptors (Lipinski definition) is 3. The predicted octanol–water partition coefficient (Wildman–Crippen LogP) is 11.9. The number of nitrogens with zero attached hydrogens (tertiary/aromatic N) is 1. The van der Waals surface area contributed by atoms with E-state index in [2.05, 4.69) is 156 Å². The number of thioether (sulfide) groups is 1. The lowest BCUT2D eigenvalue weighted by Gasteiger charge is -2.25. The van der Waals surface area contributed by atoms with Gasteiger partial charge in [0.05, 0.1) is 5.52 Å². The number of rotatable bonds is 6. The third kappa shape index (κ3) is 4.79. The van der Waals surface area contributed by atoms with E-state index in [1.165, 1.54) is 60.3 Å². The topological polar surface area (TPSA) is 12.9 Å². The first-order valence-electron chi connectivity index (χ1n) is 14.9. The summed E-state index contributed by atoms with van der Waals surface area (Å²) in [6.07, 6.45) is 1.94. The molecule has 5 aromatic carbocycles. The zero-order valence-corrected chi connectivity index (χ0v) is 25.6. The van der Waals surface area contributed by atoms with Gasteiger partial charge in [-0.2, -0.15) is 0 Å². The van der Waals surface area contributed by atoms with Gasteiger partial charge in [0.15, 0.2) is 0 Å². The number of allylic oxidation sites excluding steroid dienone is 1. The molecular formula is C41H29NS2. The van der Waals surface area contributed by atoms with Crippen LogP contribution in [-0.4, -0.2) is 4.98 Å². The second-order valence-corrected chi connectivity index (χ2v) is 13.0. The van der Waals surface area contributed by atoms with Crippen molar-refractivity contribution in [2.24, 2.45) is 0 Å². The average Bonchev–Trinajstić information content (AvgIpc) is 3.75. The average molecular weight is 600 g/mol. The summed E-state index contributed by atoms with van der Waals surface area (Å²) in [6, 6.07) is 52.3. The highest BCUT2D eigenvalue weighted by Crippen LogP contribution is 2.57. The maximum atomic E-state index is 5.07. The first kappa shape index (κ1) is 26.9. The van der Waals surface area contributed by atoms with Crippen LogP contribution in [0.25, 0.3) is 49.2 Å². The molecule has 2 aromatic heterocycles. The van der Waals surface area contributed by atoms with Gasteiger partial charge < -0.3 is 0 Å². The minimum atomic E-state index is 0.218. The predicted molar refractivity (Wildman–Crippen MR) is 190 cm³/mol. The molecule has 1 aliphatic heterocycles. The summed E-state index contributed by atoms with van der Waals surface area (Å²) in [6.45, 7) is 0. The Morgan fingerprint density at radius 1 is 0.545 bits per heavy atom. The fourth-order valence-corrected chi connectivity index (χ4v) is 9.02. The van der Waals surface area contributed by atoms with Crippen LogP contribution in [0.3, 0.4) is 0 Å². The molecule has 0 amide bonds. The number of pyridine rings is 1.